The van der Waals surface area contributed by atoms with E-state index in [0.717, 1.165) is 21.5 Å². The number of hydrogen-bond acceptors (Lipinski definition) is 4. The minimum atomic E-state index is 0.751. The van der Waals surface area contributed by atoms with Crippen molar-refractivity contribution in [1.82, 2.24) is 4.98 Å². The van der Waals surface area contributed by atoms with Crippen molar-refractivity contribution in [2.24, 2.45) is 0 Å². The lowest BCUT2D eigenvalue weighted by Gasteiger charge is -1.84. The van der Waals surface area contributed by atoms with E-state index in [9.17, 15) is 0 Å². The summed E-state index contributed by atoms with van der Waals surface area (Å²) < 4.78 is 5.18. The topological polar surface area (TPSA) is 52.0 Å². The van der Waals surface area contributed by atoms with Crippen LogP contribution >= 0.6 is 11.3 Å². The number of rotatable bonds is 1. The number of anilines is 1. The van der Waals surface area contributed by atoms with Crippen LogP contribution in [-0.2, 0) is 0 Å². The second-order valence-electron chi connectivity index (χ2n) is 2.45. The van der Waals surface area contributed by atoms with Crippen LogP contribution in [0.3, 0.4) is 0 Å². The molecule has 0 saturated carbocycles. The number of thiazole rings is 1. The lowest BCUT2D eigenvalue weighted by Crippen LogP contribution is -1.81. The second kappa shape index (κ2) is 2.64. The number of hydrogen-bond donors (Lipinski definition) is 1. The van der Waals surface area contributed by atoms with Crippen LogP contribution in [0.1, 0.15) is 5.69 Å². The van der Waals surface area contributed by atoms with Gasteiger partial charge in [-0.05, 0) is 19.1 Å². The van der Waals surface area contributed by atoms with Crippen molar-refractivity contribution in [3.8, 4) is 10.8 Å². The maximum Gasteiger partial charge on any atom is 0.162 e. The van der Waals surface area contributed by atoms with Gasteiger partial charge in [-0.3, -0.25) is 0 Å². The summed E-state index contributed by atoms with van der Waals surface area (Å²) >= 11 is 1.44. The van der Waals surface area contributed by atoms with Gasteiger partial charge in [-0.2, -0.15) is 0 Å². The van der Waals surface area contributed by atoms with E-state index >= 15 is 0 Å². The third-order valence-corrected chi connectivity index (χ3v) is 2.57. The molecule has 3 nitrogen and oxygen atoms in total. The van der Waals surface area contributed by atoms with Crippen molar-refractivity contribution in [1.29, 1.82) is 0 Å². The third-order valence-electron chi connectivity index (χ3n) is 1.56. The zero-order chi connectivity index (χ0) is 8.55. The Bertz CT molecular complexity index is 358. The van der Waals surface area contributed by atoms with E-state index in [1.165, 1.54) is 11.3 Å². The van der Waals surface area contributed by atoms with Gasteiger partial charge in [0.1, 0.15) is 5.00 Å². The molecule has 0 bridgehead atoms. The van der Waals surface area contributed by atoms with Crippen LogP contribution in [0.5, 0.6) is 0 Å². The summed E-state index contributed by atoms with van der Waals surface area (Å²) in [6.07, 6.45) is 1.63. The van der Waals surface area contributed by atoms with Crippen LogP contribution in [0.2, 0.25) is 0 Å². The van der Waals surface area contributed by atoms with Crippen molar-refractivity contribution in [3.63, 3.8) is 0 Å². The molecule has 12 heavy (non-hydrogen) atoms. The zero-order valence-corrected chi connectivity index (χ0v) is 7.39. The molecule has 0 atom stereocenters. The molecule has 0 unspecified atom stereocenters. The summed E-state index contributed by atoms with van der Waals surface area (Å²) in [7, 11) is 0. The second-order valence-corrected chi connectivity index (χ2v) is 3.48. The fourth-order valence-electron chi connectivity index (χ4n) is 0.914. The van der Waals surface area contributed by atoms with Gasteiger partial charge in [0.05, 0.1) is 12.0 Å². The third kappa shape index (κ3) is 1.10. The molecule has 2 aromatic rings. The molecule has 0 aliphatic heterocycles. The summed E-state index contributed by atoms with van der Waals surface area (Å²) in [6.45, 7) is 1.89. The molecule has 0 amide bonds. The van der Waals surface area contributed by atoms with E-state index in [-0.39, 0.29) is 0 Å². The highest BCUT2D eigenvalue weighted by molar-refractivity contribution is 7.18. The van der Waals surface area contributed by atoms with Crippen LogP contribution in [0.25, 0.3) is 10.8 Å². The predicted molar refractivity (Wildman–Crippen MR) is 49.0 cm³/mol. The van der Waals surface area contributed by atoms with Gasteiger partial charge in [0.15, 0.2) is 10.8 Å². The minimum absolute atomic E-state index is 0.751. The molecule has 62 valence electrons. The standard InChI is InChI=1S/C8H8N2OS/c1-5-7(9)12-8(10-5)6-3-2-4-11-6/h2-4H,9H2,1H3. The predicted octanol–water partition coefficient (Wildman–Crippen LogP) is 2.29. The van der Waals surface area contributed by atoms with Crippen LogP contribution in [0.15, 0.2) is 22.8 Å². The number of nitrogens with two attached hydrogens (primary N) is 1. The molecule has 0 spiro atoms. The van der Waals surface area contributed by atoms with E-state index in [4.69, 9.17) is 10.2 Å². The molecule has 2 N–H and O–H groups in total. The lowest BCUT2D eigenvalue weighted by molar-refractivity contribution is 0.581. The molecule has 0 aromatic carbocycles. The summed E-state index contributed by atoms with van der Waals surface area (Å²) in [4.78, 5) is 4.25. The SMILES string of the molecule is Cc1nc(-c2ccco2)sc1N. The summed E-state index contributed by atoms with van der Waals surface area (Å²) in [5.41, 5.74) is 6.53. The van der Waals surface area contributed by atoms with Crippen LogP contribution in [-0.4, -0.2) is 4.98 Å². The molecule has 0 aliphatic rings. The van der Waals surface area contributed by atoms with Gasteiger partial charge < -0.3 is 10.2 Å². The number of aromatic nitrogens is 1. The van der Waals surface area contributed by atoms with Crippen molar-refractivity contribution in [2.45, 2.75) is 6.92 Å². The minimum Gasteiger partial charge on any atom is -0.462 e. The Morgan fingerprint density at radius 3 is 2.92 bits per heavy atom. The Morgan fingerprint density at radius 2 is 2.42 bits per heavy atom. The Morgan fingerprint density at radius 1 is 1.58 bits per heavy atom. The van der Waals surface area contributed by atoms with Crippen molar-refractivity contribution in [2.75, 3.05) is 5.73 Å². The van der Waals surface area contributed by atoms with Crippen molar-refractivity contribution >= 4 is 16.3 Å². The van der Waals surface area contributed by atoms with Gasteiger partial charge in [0.25, 0.3) is 0 Å². The number of nitrogens with zero attached hydrogens (tertiary/aromatic N) is 1. The molecular formula is C8H8N2OS. The normalized spacial score (nSPS) is 10.4. The largest absolute Gasteiger partial charge is 0.462 e. The Kier molecular flexibility index (Phi) is 1.62. The lowest BCUT2D eigenvalue weighted by atomic mass is 10.4. The van der Waals surface area contributed by atoms with Crippen molar-refractivity contribution < 1.29 is 4.42 Å². The summed E-state index contributed by atoms with van der Waals surface area (Å²) in [6, 6.07) is 3.71. The maximum absolute atomic E-state index is 5.66. The summed E-state index contributed by atoms with van der Waals surface area (Å²) in [5.74, 6) is 0.778. The molecule has 0 radical (unpaired) electrons. The highest BCUT2D eigenvalue weighted by Crippen LogP contribution is 2.29. The van der Waals surface area contributed by atoms with Gasteiger partial charge in [0, 0.05) is 0 Å². The van der Waals surface area contributed by atoms with E-state index in [1.807, 2.05) is 19.1 Å². The molecule has 4 heteroatoms. The zero-order valence-electron chi connectivity index (χ0n) is 6.57. The van der Waals surface area contributed by atoms with Gasteiger partial charge in [0.2, 0.25) is 0 Å². The Hall–Kier alpha value is -1.29. The van der Waals surface area contributed by atoms with Gasteiger partial charge >= 0.3 is 0 Å². The first kappa shape index (κ1) is 7.36. The Labute approximate surface area is 73.8 Å². The molecular weight excluding hydrogens is 172 g/mol. The van der Waals surface area contributed by atoms with Gasteiger partial charge in [-0.1, -0.05) is 11.3 Å². The van der Waals surface area contributed by atoms with Gasteiger partial charge in [-0.25, -0.2) is 4.98 Å². The van der Waals surface area contributed by atoms with Gasteiger partial charge in [-0.15, -0.1) is 0 Å². The van der Waals surface area contributed by atoms with Crippen LogP contribution in [0, 0.1) is 6.92 Å². The molecule has 2 heterocycles. The van der Waals surface area contributed by atoms with Crippen LogP contribution in [0.4, 0.5) is 5.00 Å². The average Bonchev–Trinajstić information content (AvgIpc) is 2.61. The molecule has 0 fully saturated rings. The number of furan rings is 1. The molecule has 2 aromatic heterocycles. The fraction of sp³-hybridized carbons (Fsp3) is 0.125. The quantitative estimate of drug-likeness (QED) is 0.732. The Balaban J connectivity index is 2.48. The highest BCUT2D eigenvalue weighted by atomic mass is 32.1. The first-order valence-corrected chi connectivity index (χ1v) is 4.36. The van der Waals surface area contributed by atoms with E-state index in [2.05, 4.69) is 4.98 Å². The smallest absolute Gasteiger partial charge is 0.162 e. The monoisotopic (exact) mass is 180 g/mol. The van der Waals surface area contributed by atoms with E-state index in [1.54, 1.807) is 6.26 Å². The molecule has 2 rings (SSSR count). The average molecular weight is 180 g/mol. The fourth-order valence-corrected chi connectivity index (χ4v) is 1.71. The van der Waals surface area contributed by atoms with Crippen LogP contribution < -0.4 is 5.73 Å². The first-order valence-electron chi connectivity index (χ1n) is 3.54. The van der Waals surface area contributed by atoms with E-state index < -0.39 is 0 Å². The maximum atomic E-state index is 5.66. The first-order chi connectivity index (χ1) is 5.77. The highest BCUT2D eigenvalue weighted by Gasteiger charge is 2.07. The summed E-state index contributed by atoms with van der Waals surface area (Å²) in [5, 5.41) is 1.59. The number of nitrogen functional groups attached to an aromatic ring is 1. The van der Waals surface area contributed by atoms with E-state index in [0.29, 0.717) is 0 Å². The number of aryl methyl sites for hydroxylation is 1. The molecule has 0 aliphatic carbocycles. The van der Waals surface area contributed by atoms with Crippen molar-refractivity contribution in [3.05, 3.63) is 24.1 Å². The molecule has 0 saturated heterocycles.